The van der Waals surface area contributed by atoms with Crippen molar-refractivity contribution in [1.29, 1.82) is 0 Å². The van der Waals surface area contributed by atoms with Crippen LogP contribution in [0.4, 0.5) is 11.6 Å². The molecular formula is C11H19N5O. The molecule has 0 radical (unpaired) electrons. The van der Waals surface area contributed by atoms with Gasteiger partial charge in [-0.3, -0.25) is 0 Å². The molecule has 0 spiro atoms. The lowest BCUT2D eigenvalue weighted by molar-refractivity contribution is 0.0651. The smallest absolute Gasteiger partial charge is 0.134 e. The third-order valence-corrected chi connectivity index (χ3v) is 3.07. The van der Waals surface area contributed by atoms with Crippen LogP contribution in [0.15, 0.2) is 12.4 Å². The van der Waals surface area contributed by atoms with E-state index >= 15 is 0 Å². The van der Waals surface area contributed by atoms with E-state index in [-0.39, 0.29) is 0 Å². The third-order valence-electron chi connectivity index (χ3n) is 3.07. The summed E-state index contributed by atoms with van der Waals surface area (Å²) in [6, 6.07) is 1.89. The van der Waals surface area contributed by atoms with E-state index in [9.17, 15) is 5.11 Å². The molecule has 6 heteroatoms. The van der Waals surface area contributed by atoms with Crippen LogP contribution in [-0.2, 0) is 0 Å². The topological polar surface area (TPSA) is 73.3 Å². The first-order chi connectivity index (χ1) is 8.17. The van der Waals surface area contributed by atoms with Crippen LogP contribution in [-0.4, -0.2) is 54.4 Å². The van der Waals surface area contributed by atoms with Crippen molar-refractivity contribution < 1.29 is 5.11 Å². The zero-order valence-electron chi connectivity index (χ0n) is 10.3. The zero-order chi connectivity index (χ0) is 12.3. The number of nitrogens with zero attached hydrogens (tertiary/aromatic N) is 3. The van der Waals surface area contributed by atoms with Gasteiger partial charge in [0, 0.05) is 32.7 Å². The van der Waals surface area contributed by atoms with Crippen LogP contribution in [0.3, 0.4) is 0 Å². The quantitative estimate of drug-likeness (QED) is 0.666. The van der Waals surface area contributed by atoms with E-state index in [2.05, 4.69) is 25.5 Å². The second-order valence-electron chi connectivity index (χ2n) is 4.44. The number of hydrogen-bond donors (Lipinski definition) is 3. The fourth-order valence-corrected chi connectivity index (χ4v) is 2.18. The lowest BCUT2D eigenvalue weighted by Crippen LogP contribution is -2.42. The maximum absolute atomic E-state index is 10.3. The number of hydrogen-bond acceptors (Lipinski definition) is 6. The van der Waals surface area contributed by atoms with Crippen LogP contribution in [0.2, 0.25) is 0 Å². The molecule has 1 aliphatic heterocycles. The van der Waals surface area contributed by atoms with E-state index in [0.29, 0.717) is 13.1 Å². The molecular weight excluding hydrogens is 218 g/mol. The van der Waals surface area contributed by atoms with Crippen molar-refractivity contribution >= 4 is 11.6 Å². The summed E-state index contributed by atoms with van der Waals surface area (Å²) in [7, 11) is 3.68. The average Bonchev–Trinajstić information content (AvgIpc) is 2.72. The highest BCUT2D eigenvalue weighted by atomic mass is 16.3. The summed E-state index contributed by atoms with van der Waals surface area (Å²) in [4.78, 5) is 10.4. The summed E-state index contributed by atoms with van der Waals surface area (Å²) in [6.45, 7) is 2.03. The van der Waals surface area contributed by atoms with Crippen molar-refractivity contribution in [1.82, 2.24) is 15.3 Å². The Morgan fingerprint density at radius 3 is 3.00 bits per heavy atom. The van der Waals surface area contributed by atoms with Crippen molar-refractivity contribution in [2.75, 3.05) is 43.9 Å². The van der Waals surface area contributed by atoms with Gasteiger partial charge < -0.3 is 20.6 Å². The largest absolute Gasteiger partial charge is 0.387 e. The molecule has 2 heterocycles. The van der Waals surface area contributed by atoms with Gasteiger partial charge in [-0.1, -0.05) is 0 Å². The maximum Gasteiger partial charge on any atom is 0.134 e. The first kappa shape index (κ1) is 12.1. The Balaban J connectivity index is 2.09. The highest BCUT2D eigenvalue weighted by Crippen LogP contribution is 2.25. The van der Waals surface area contributed by atoms with Gasteiger partial charge in [-0.2, -0.15) is 0 Å². The zero-order valence-corrected chi connectivity index (χ0v) is 10.3. The van der Waals surface area contributed by atoms with Gasteiger partial charge in [0.15, 0.2) is 0 Å². The van der Waals surface area contributed by atoms with Gasteiger partial charge in [0.1, 0.15) is 18.0 Å². The SMILES string of the molecule is CNCC1(O)CCN(c2cc(NC)ncn2)C1. The van der Waals surface area contributed by atoms with E-state index in [1.54, 1.807) is 0 Å². The number of aliphatic hydroxyl groups is 1. The Morgan fingerprint density at radius 2 is 2.29 bits per heavy atom. The van der Waals surface area contributed by atoms with Crippen molar-refractivity contribution in [2.45, 2.75) is 12.0 Å². The summed E-state index contributed by atoms with van der Waals surface area (Å²) in [5, 5.41) is 16.3. The van der Waals surface area contributed by atoms with Crippen molar-refractivity contribution in [3.05, 3.63) is 12.4 Å². The normalized spacial score (nSPS) is 24.1. The molecule has 0 saturated carbocycles. The second kappa shape index (κ2) is 4.85. The summed E-state index contributed by atoms with van der Waals surface area (Å²) >= 11 is 0. The lowest BCUT2D eigenvalue weighted by atomic mass is 10.0. The van der Waals surface area contributed by atoms with Gasteiger partial charge in [-0.05, 0) is 13.5 Å². The van der Waals surface area contributed by atoms with Crippen LogP contribution >= 0.6 is 0 Å². The Bertz CT molecular complexity index is 386. The molecule has 0 aromatic carbocycles. The minimum absolute atomic E-state index is 0.605. The predicted octanol–water partition coefficient (Wildman–Crippen LogP) is -0.321. The van der Waals surface area contributed by atoms with Crippen molar-refractivity contribution in [3.63, 3.8) is 0 Å². The molecule has 0 bridgehead atoms. The van der Waals surface area contributed by atoms with Crippen LogP contribution < -0.4 is 15.5 Å². The van der Waals surface area contributed by atoms with Gasteiger partial charge in [-0.15, -0.1) is 0 Å². The molecule has 1 aromatic rings. The highest BCUT2D eigenvalue weighted by molar-refractivity contribution is 5.49. The molecule has 1 aromatic heterocycles. The Kier molecular flexibility index (Phi) is 3.44. The fraction of sp³-hybridized carbons (Fsp3) is 0.636. The molecule has 0 aliphatic carbocycles. The minimum Gasteiger partial charge on any atom is -0.387 e. The maximum atomic E-state index is 10.3. The second-order valence-corrected chi connectivity index (χ2v) is 4.44. The van der Waals surface area contributed by atoms with Gasteiger partial charge in [0.2, 0.25) is 0 Å². The molecule has 17 heavy (non-hydrogen) atoms. The first-order valence-corrected chi connectivity index (χ1v) is 5.78. The van der Waals surface area contributed by atoms with Crippen LogP contribution in [0, 0.1) is 0 Å². The number of β-amino-alcohol motifs (C(OH)–C–C–N with tert-alkyl or cyclic N) is 1. The monoisotopic (exact) mass is 237 g/mol. The number of aromatic nitrogens is 2. The predicted molar refractivity (Wildman–Crippen MR) is 67.3 cm³/mol. The van der Waals surface area contributed by atoms with E-state index in [1.807, 2.05) is 20.2 Å². The van der Waals surface area contributed by atoms with Gasteiger partial charge in [-0.25, -0.2) is 9.97 Å². The number of nitrogens with one attached hydrogen (secondary N) is 2. The summed E-state index contributed by atoms with van der Waals surface area (Å²) in [5.41, 5.74) is -0.653. The molecule has 0 amide bonds. The Morgan fingerprint density at radius 1 is 1.47 bits per heavy atom. The molecule has 3 N–H and O–H groups in total. The summed E-state index contributed by atoms with van der Waals surface area (Å²) < 4.78 is 0. The number of rotatable bonds is 4. The Hall–Kier alpha value is -1.40. The molecule has 1 atom stereocenters. The van der Waals surface area contributed by atoms with E-state index in [1.165, 1.54) is 6.33 Å². The van der Waals surface area contributed by atoms with Gasteiger partial charge >= 0.3 is 0 Å². The standard InChI is InChI=1S/C11H19N5O/c1-12-6-11(17)3-4-16(7-11)10-5-9(13-2)14-8-15-10/h5,8,12,17H,3-4,6-7H2,1-2H3,(H,13,14,15). The summed E-state index contributed by atoms with van der Waals surface area (Å²) in [5.74, 6) is 1.65. The molecule has 2 rings (SSSR count). The van der Waals surface area contributed by atoms with E-state index in [4.69, 9.17) is 0 Å². The molecule has 94 valence electrons. The summed E-state index contributed by atoms with van der Waals surface area (Å²) in [6.07, 6.45) is 2.29. The fourth-order valence-electron chi connectivity index (χ4n) is 2.18. The first-order valence-electron chi connectivity index (χ1n) is 5.78. The van der Waals surface area contributed by atoms with Crippen LogP contribution in [0.1, 0.15) is 6.42 Å². The van der Waals surface area contributed by atoms with Crippen LogP contribution in [0.25, 0.3) is 0 Å². The van der Waals surface area contributed by atoms with Crippen LogP contribution in [0.5, 0.6) is 0 Å². The molecule has 1 saturated heterocycles. The van der Waals surface area contributed by atoms with Crippen molar-refractivity contribution in [2.24, 2.45) is 0 Å². The molecule has 1 unspecified atom stereocenters. The van der Waals surface area contributed by atoms with E-state index < -0.39 is 5.60 Å². The number of likely N-dealkylation sites (N-methyl/N-ethyl adjacent to an activating group) is 1. The van der Waals surface area contributed by atoms with Gasteiger partial charge in [0.25, 0.3) is 0 Å². The third kappa shape index (κ3) is 2.65. The molecule has 1 aliphatic rings. The van der Waals surface area contributed by atoms with Gasteiger partial charge in [0.05, 0.1) is 5.60 Å². The average molecular weight is 237 g/mol. The minimum atomic E-state index is -0.653. The Labute approximate surface area is 101 Å². The highest BCUT2D eigenvalue weighted by Gasteiger charge is 2.35. The number of anilines is 2. The van der Waals surface area contributed by atoms with E-state index in [0.717, 1.165) is 24.6 Å². The molecule has 1 fully saturated rings. The lowest BCUT2D eigenvalue weighted by Gasteiger charge is -2.23. The molecule has 6 nitrogen and oxygen atoms in total. The van der Waals surface area contributed by atoms with Crippen molar-refractivity contribution in [3.8, 4) is 0 Å².